The summed E-state index contributed by atoms with van der Waals surface area (Å²) in [5.74, 6) is 0. The SMILES string of the molecule is C[N](C)[Mo]([N](C)C)[N](C)C. The van der Waals surface area contributed by atoms with Gasteiger partial charge in [-0.2, -0.15) is 0 Å². The van der Waals surface area contributed by atoms with Gasteiger partial charge in [-0.15, -0.1) is 0 Å². The van der Waals surface area contributed by atoms with E-state index in [0.717, 1.165) is 0 Å². The average Bonchev–Trinajstić information content (AvgIpc) is 1.59. The molecule has 0 aromatic rings. The van der Waals surface area contributed by atoms with E-state index in [-0.39, 0.29) is 0 Å². The van der Waals surface area contributed by atoms with E-state index in [4.69, 9.17) is 0 Å². The molecule has 0 N–H and O–H groups in total. The minimum absolute atomic E-state index is 1.25. The number of rotatable bonds is 3. The summed E-state index contributed by atoms with van der Waals surface area (Å²) in [5, 5.41) is 0. The summed E-state index contributed by atoms with van der Waals surface area (Å²) in [5.41, 5.74) is 0. The Balaban J connectivity index is 3.98. The molecule has 0 heterocycles. The van der Waals surface area contributed by atoms with Crippen molar-refractivity contribution in [1.82, 2.24) is 10.4 Å². The molecule has 10 heavy (non-hydrogen) atoms. The fraction of sp³-hybridized carbons (Fsp3) is 1.00. The van der Waals surface area contributed by atoms with Gasteiger partial charge in [0, 0.05) is 0 Å². The summed E-state index contributed by atoms with van der Waals surface area (Å²) in [7, 11) is 12.9. The van der Waals surface area contributed by atoms with Crippen molar-refractivity contribution in [1.29, 1.82) is 0 Å². The van der Waals surface area contributed by atoms with Gasteiger partial charge in [0.15, 0.2) is 0 Å². The van der Waals surface area contributed by atoms with Crippen molar-refractivity contribution in [3.63, 3.8) is 0 Å². The van der Waals surface area contributed by atoms with E-state index in [9.17, 15) is 0 Å². The molecule has 0 rings (SSSR count). The van der Waals surface area contributed by atoms with Gasteiger partial charge in [-0.05, 0) is 0 Å². The first-order valence-corrected chi connectivity index (χ1v) is 5.92. The van der Waals surface area contributed by atoms with Crippen molar-refractivity contribution in [2.24, 2.45) is 0 Å². The molecular weight excluding hydrogens is 210 g/mol. The van der Waals surface area contributed by atoms with Crippen molar-refractivity contribution < 1.29 is 18.1 Å². The van der Waals surface area contributed by atoms with Gasteiger partial charge in [0.05, 0.1) is 0 Å². The van der Waals surface area contributed by atoms with Crippen LogP contribution in [0, 0.1) is 0 Å². The topological polar surface area (TPSA) is 9.72 Å². The van der Waals surface area contributed by atoms with Crippen LogP contribution in [0.1, 0.15) is 0 Å². The van der Waals surface area contributed by atoms with Crippen LogP contribution in [0.4, 0.5) is 0 Å². The molecule has 0 saturated carbocycles. The molecule has 0 aliphatic heterocycles. The Kier molecular flexibility index (Phi) is 4.70. The zero-order valence-electron chi connectivity index (χ0n) is 7.75. The molecule has 0 spiro atoms. The van der Waals surface area contributed by atoms with Gasteiger partial charge in [-0.25, -0.2) is 0 Å². The van der Waals surface area contributed by atoms with Crippen LogP contribution < -0.4 is 0 Å². The van der Waals surface area contributed by atoms with Crippen LogP contribution >= 0.6 is 0 Å². The third kappa shape index (κ3) is 3.11. The van der Waals surface area contributed by atoms with Crippen LogP contribution in [-0.2, 0) is 18.1 Å². The Morgan fingerprint density at radius 2 is 0.800 bits per heavy atom. The van der Waals surface area contributed by atoms with Gasteiger partial charge in [0.2, 0.25) is 0 Å². The molecule has 0 aliphatic rings. The van der Waals surface area contributed by atoms with Crippen LogP contribution in [0.25, 0.3) is 0 Å². The third-order valence-corrected chi connectivity index (χ3v) is 5.80. The molecular formula is C6H18MoN3. The van der Waals surface area contributed by atoms with Crippen molar-refractivity contribution in [3.05, 3.63) is 0 Å². The maximum absolute atomic E-state index is 2.34. The molecule has 0 unspecified atom stereocenters. The van der Waals surface area contributed by atoms with E-state index in [2.05, 4.69) is 52.7 Å². The van der Waals surface area contributed by atoms with Crippen LogP contribution in [0.2, 0.25) is 0 Å². The monoisotopic (exact) mass is 230 g/mol. The quantitative estimate of drug-likeness (QED) is 0.631. The number of nitrogens with zero attached hydrogens (tertiary/aromatic N) is 3. The molecule has 0 amide bonds. The molecule has 3 nitrogen and oxygen atoms in total. The van der Waals surface area contributed by atoms with Gasteiger partial charge < -0.3 is 0 Å². The van der Waals surface area contributed by atoms with Crippen molar-refractivity contribution in [3.8, 4) is 0 Å². The fourth-order valence-corrected chi connectivity index (χ4v) is 5.80. The van der Waals surface area contributed by atoms with Crippen LogP contribution in [0.5, 0.6) is 0 Å². The summed E-state index contributed by atoms with van der Waals surface area (Å²) < 4.78 is 7.01. The van der Waals surface area contributed by atoms with Gasteiger partial charge in [-0.1, -0.05) is 0 Å². The molecule has 0 aromatic carbocycles. The molecule has 0 radical (unpaired) electrons. The number of hydrogen-bond acceptors (Lipinski definition) is 3. The van der Waals surface area contributed by atoms with Crippen LogP contribution in [0.3, 0.4) is 0 Å². The summed E-state index contributed by atoms with van der Waals surface area (Å²) >= 11 is -1.25. The first-order chi connectivity index (χ1) is 4.46. The summed E-state index contributed by atoms with van der Waals surface area (Å²) in [4.78, 5) is 0. The van der Waals surface area contributed by atoms with Crippen LogP contribution in [0.15, 0.2) is 0 Å². The van der Waals surface area contributed by atoms with Gasteiger partial charge >= 0.3 is 70.7 Å². The summed E-state index contributed by atoms with van der Waals surface area (Å²) in [6, 6.07) is 0. The molecule has 63 valence electrons. The second-order valence-corrected chi connectivity index (χ2v) is 9.27. The van der Waals surface area contributed by atoms with Crippen molar-refractivity contribution in [2.45, 2.75) is 0 Å². The van der Waals surface area contributed by atoms with E-state index in [0.29, 0.717) is 0 Å². The first kappa shape index (κ1) is 10.6. The standard InChI is InChI=1S/3C2H6N.Mo/c3*1-3-2;/h3*1-2H3;/q3*-1;+3. The molecule has 0 aliphatic carbocycles. The fourth-order valence-electron chi connectivity index (χ4n) is 0.980. The first-order valence-electron chi connectivity index (χ1n) is 3.23. The summed E-state index contributed by atoms with van der Waals surface area (Å²) in [6.45, 7) is 0. The zero-order chi connectivity index (χ0) is 8.31. The molecule has 0 atom stereocenters. The third-order valence-electron chi connectivity index (χ3n) is 0.980. The Morgan fingerprint density at radius 1 is 0.600 bits per heavy atom. The Bertz CT molecular complexity index is 74.0. The predicted octanol–water partition coefficient (Wildman–Crippen LogP) is 0.0344. The van der Waals surface area contributed by atoms with Gasteiger partial charge in [-0.3, -0.25) is 0 Å². The minimum atomic E-state index is -1.25. The van der Waals surface area contributed by atoms with Crippen molar-refractivity contribution >= 4 is 0 Å². The Hall–Kier alpha value is 0.568. The van der Waals surface area contributed by atoms with Crippen LogP contribution in [-0.4, -0.2) is 52.7 Å². The summed E-state index contributed by atoms with van der Waals surface area (Å²) in [6.07, 6.45) is 0. The van der Waals surface area contributed by atoms with E-state index in [1.807, 2.05) is 0 Å². The second-order valence-electron chi connectivity index (χ2n) is 2.68. The number of hydrogen-bond donors (Lipinski definition) is 0. The average molecular weight is 228 g/mol. The predicted molar refractivity (Wildman–Crippen MR) is 41.1 cm³/mol. The van der Waals surface area contributed by atoms with Crippen molar-refractivity contribution in [2.75, 3.05) is 42.3 Å². The van der Waals surface area contributed by atoms with E-state index in [1.54, 1.807) is 0 Å². The molecule has 0 fully saturated rings. The zero-order valence-corrected chi connectivity index (χ0v) is 9.76. The molecule has 0 bridgehead atoms. The Morgan fingerprint density at radius 3 is 0.800 bits per heavy atom. The van der Waals surface area contributed by atoms with E-state index < -0.39 is 18.1 Å². The second kappa shape index (κ2) is 4.45. The Labute approximate surface area is 71.0 Å². The van der Waals surface area contributed by atoms with Gasteiger partial charge in [0.25, 0.3) is 0 Å². The van der Waals surface area contributed by atoms with E-state index >= 15 is 0 Å². The molecule has 4 heteroatoms. The van der Waals surface area contributed by atoms with E-state index in [1.165, 1.54) is 0 Å². The molecule has 0 aromatic heterocycles. The van der Waals surface area contributed by atoms with Gasteiger partial charge in [0.1, 0.15) is 0 Å². The molecule has 0 saturated heterocycles. The maximum atomic E-state index is 2.34. The normalized spacial score (nSPS) is 12.6.